The molecule has 0 spiro atoms. The first-order valence-corrected chi connectivity index (χ1v) is 5.13. The number of benzene rings is 1. The first kappa shape index (κ1) is 9.90. The van der Waals surface area contributed by atoms with Crippen LogP contribution in [0.4, 0.5) is 5.69 Å². The smallest absolute Gasteiger partial charge is 0.296 e. The normalized spacial score (nSPS) is 16.1. The Balaban J connectivity index is 2.54. The number of amides is 1. The molecule has 1 unspecified atom stereocenters. The van der Waals surface area contributed by atoms with Gasteiger partial charge in [0.1, 0.15) is 0 Å². The van der Waals surface area contributed by atoms with Crippen molar-refractivity contribution in [3.8, 4) is 0 Å². The maximum Gasteiger partial charge on any atom is 0.296 e. The van der Waals surface area contributed by atoms with Gasteiger partial charge in [-0.3, -0.25) is 9.59 Å². The summed E-state index contributed by atoms with van der Waals surface area (Å²) in [6, 6.07) is 5.49. The zero-order chi connectivity index (χ0) is 11.0. The summed E-state index contributed by atoms with van der Waals surface area (Å²) in [6.07, 6.45) is 0.987. The lowest BCUT2D eigenvalue weighted by molar-refractivity contribution is -0.112. The molecule has 1 atom stereocenters. The van der Waals surface area contributed by atoms with E-state index in [1.165, 1.54) is 0 Å². The van der Waals surface area contributed by atoms with Crippen LogP contribution < -0.4 is 5.32 Å². The molecule has 0 saturated carbocycles. The Hall–Kier alpha value is -1.64. The molecule has 15 heavy (non-hydrogen) atoms. The summed E-state index contributed by atoms with van der Waals surface area (Å²) in [6.45, 7) is 4.17. The van der Waals surface area contributed by atoms with Gasteiger partial charge in [-0.25, -0.2) is 0 Å². The molecule has 1 heterocycles. The predicted octanol–water partition coefficient (Wildman–Crippen LogP) is 2.33. The van der Waals surface area contributed by atoms with E-state index in [2.05, 4.69) is 19.2 Å². The van der Waals surface area contributed by atoms with Gasteiger partial charge in [0.05, 0.1) is 11.3 Å². The van der Waals surface area contributed by atoms with Crippen LogP contribution in [0.1, 0.15) is 42.1 Å². The molecule has 0 aromatic heterocycles. The lowest BCUT2D eigenvalue weighted by atomic mass is 9.95. The predicted molar refractivity (Wildman–Crippen MR) is 58.1 cm³/mol. The van der Waals surface area contributed by atoms with E-state index in [4.69, 9.17) is 0 Å². The summed E-state index contributed by atoms with van der Waals surface area (Å²) in [4.78, 5) is 22.7. The van der Waals surface area contributed by atoms with Crippen molar-refractivity contribution in [2.24, 2.45) is 0 Å². The van der Waals surface area contributed by atoms with Crippen LogP contribution in [0.3, 0.4) is 0 Å². The number of anilines is 1. The molecule has 0 saturated heterocycles. The van der Waals surface area contributed by atoms with Gasteiger partial charge in [-0.15, -0.1) is 0 Å². The molecule has 1 aliphatic heterocycles. The first-order chi connectivity index (χ1) is 7.15. The van der Waals surface area contributed by atoms with Gasteiger partial charge in [-0.05, 0) is 24.0 Å². The van der Waals surface area contributed by atoms with Crippen molar-refractivity contribution in [3.05, 3.63) is 29.3 Å². The Morgan fingerprint density at radius 2 is 2.07 bits per heavy atom. The summed E-state index contributed by atoms with van der Waals surface area (Å²) >= 11 is 0. The fourth-order valence-corrected chi connectivity index (χ4v) is 1.82. The second kappa shape index (κ2) is 3.50. The summed E-state index contributed by atoms with van der Waals surface area (Å²) in [5.41, 5.74) is 2.27. The Morgan fingerprint density at radius 1 is 1.33 bits per heavy atom. The molecule has 0 radical (unpaired) electrons. The van der Waals surface area contributed by atoms with Crippen LogP contribution in [-0.4, -0.2) is 11.7 Å². The third-order valence-corrected chi connectivity index (χ3v) is 2.93. The summed E-state index contributed by atoms with van der Waals surface area (Å²) in [5.74, 6) is -0.581. The third-order valence-electron chi connectivity index (χ3n) is 2.93. The number of nitrogens with one attached hydrogen (secondary N) is 1. The van der Waals surface area contributed by atoms with Crippen molar-refractivity contribution in [2.45, 2.75) is 26.2 Å². The molecule has 1 aliphatic rings. The van der Waals surface area contributed by atoms with Crippen LogP contribution in [0.15, 0.2) is 18.2 Å². The van der Waals surface area contributed by atoms with Crippen molar-refractivity contribution in [1.82, 2.24) is 0 Å². The molecule has 1 aromatic rings. The van der Waals surface area contributed by atoms with Gasteiger partial charge in [-0.1, -0.05) is 26.0 Å². The SMILES string of the molecule is CCC(C)c1cccc2c1NC(=O)C2=O. The Labute approximate surface area is 88.5 Å². The largest absolute Gasteiger partial charge is 0.318 e. The molecule has 3 heteroatoms. The number of carbonyl (C=O) groups is 2. The fourth-order valence-electron chi connectivity index (χ4n) is 1.82. The molecule has 3 nitrogen and oxygen atoms in total. The minimum absolute atomic E-state index is 0.353. The molecule has 0 aliphatic carbocycles. The second-order valence-corrected chi connectivity index (χ2v) is 3.86. The van der Waals surface area contributed by atoms with E-state index in [1.807, 2.05) is 12.1 Å². The lowest BCUT2D eigenvalue weighted by Crippen LogP contribution is -2.12. The van der Waals surface area contributed by atoms with Crippen LogP contribution in [-0.2, 0) is 4.79 Å². The average Bonchev–Trinajstić information content (AvgIpc) is 2.54. The molecule has 1 amide bonds. The summed E-state index contributed by atoms with van der Waals surface area (Å²) < 4.78 is 0. The highest BCUT2D eigenvalue weighted by Crippen LogP contribution is 2.33. The highest BCUT2D eigenvalue weighted by Gasteiger charge is 2.30. The first-order valence-electron chi connectivity index (χ1n) is 5.13. The van der Waals surface area contributed by atoms with E-state index < -0.39 is 11.7 Å². The van der Waals surface area contributed by atoms with Crippen molar-refractivity contribution in [2.75, 3.05) is 5.32 Å². The molecule has 2 rings (SSSR count). The lowest BCUT2D eigenvalue weighted by Gasteiger charge is -2.12. The van der Waals surface area contributed by atoms with Crippen LogP contribution in [0, 0.1) is 0 Å². The number of hydrogen-bond donors (Lipinski definition) is 1. The Morgan fingerprint density at radius 3 is 2.73 bits per heavy atom. The third kappa shape index (κ3) is 1.44. The minimum Gasteiger partial charge on any atom is -0.318 e. The van der Waals surface area contributed by atoms with Crippen LogP contribution >= 0.6 is 0 Å². The van der Waals surface area contributed by atoms with Crippen molar-refractivity contribution in [1.29, 1.82) is 0 Å². The van der Waals surface area contributed by atoms with Crippen molar-refractivity contribution >= 4 is 17.4 Å². The van der Waals surface area contributed by atoms with E-state index >= 15 is 0 Å². The van der Waals surface area contributed by atoms with Crippen molar-refractivity contribution in [3.63, 3.8) is 0 Å². The number of rotatable bonds is 2. The van der Waals surface area contributed by atoms with Crippen LogP contribution in [0.25, 0.3) is 0 Å². The van der Waals surface area contributed by atoms with E-state index in [0.717, 1.165) is 12.0 Å². The number of carbonyl (C=O) groups excluding carboxylic acids is 2. The van der Waals surface area contributed by atoms with E-state index in [9.17, 15) is 9.59 Å². The van der Waals surface area contributed by atoms with Gasteiger partial charge in [-0.2, -0.15) is 0 Å². The van der Waals surface area contributed by atoms with Gasteiger partial charge in [0, 0.05) is 0 Å². The molecular weight excluding hydrogens is 190 g/mol. The van der Waals surface area contributed by atoms with Gasteiger partial charge in [0.25, 0.3) is 11.7 Å². The maximum absolute atomic E-state index is 11.4. The van der Waals surface area contributed by atoms with Gasteiger partial charge < -0.3 is 5.32 Å². The fraction of sp³-hybridized carbons (Fsp3) is 0.333. The number of ketones is 1. The van der Waals surface area contributed by atoms with Crippen LogP contribution in [0.2, 0.25) is 0 Å². The van der Waals surface area contributed by atoms with E-state index in [1.54, 1.807) is 6.07 Å². The highest BCUT2D eigenvalue weighted by molar-refractivity contribution is 6.51. The average molecular weight is 203 g/mol. The van der Waals surface area contributed by atoms with Crippen molar-refractivity contribution < 1.29 is 9.59 Å². The quantitative estimate of drug-likeness (QED) is 0.750. The van der Waals surface area contributed by atoms with Crippen LogP contribution in [0.5, 0.6) is 0 Å². The molecule has 1 aromatic carbocycles. The zero-order valence-corrected chi connectivity index (χ0v) is 8.83. The van der Waals surface area contributed by atoms with Gasteiger partial charge >= 0.3 is 0 Å². The number of fused-ring (bicyclic) bond motifs is 1. The molecule has 0 fully saturated rings. The molecular formula is C12H13NO2. The Kier molecular flexibility index (Phi) is 2.31. The monoisotopic (exact) mass is 203 g/mol. The minimum atomic E-state index is -0.513. The number of para-hydroxylation sites is 1. The molecule has 1 N–H and O–H groups in total. The van der Waals surface area contributed by atoms with Gasteiger partial charge in [0.2, 0.25) is 0 Å². The standard InChI is InChI=1S/C12H13NO2/c1-3-7(2)8-5-4-6-9-10(8)13-12(15)11(9)14/h4-7H,3H2,1-2H3,(H,13,14,15). The summed E-state index contributed by atoms with van der Waals surface area (Å²) in [7, 11) is 0. The van der Waals surface area contributed by atoms with Gasteiger partial charge in [0.15, 0.2) is 0 Å². The second-order valence-electron chi connectivity index (χ2n) is 3.86. The summed E-state index contributed by atoms with van der Waals surface area (Å²) in [5, 5.41) is 2.64. The Bertz CT molecular complexity index is 437. The molecule has 0 bridgehead atoms. The topological polar surface area (TPSA) is 46.2 Å². The molecule has 78 valence electrons. The number of Topliss-reactive ketones (excluding diaryl/α,β-unsaturated/α-hetero) is 1. The zero-order valence-electron chi connectivity index (χ0n) is 8.83. The van der Waals surface area contributed by atoms with E-state index in [0.29, 0.717) is 17.2 Å². The highest BCUT2D eigenvalue weighted by atomic mass is 16.2. The maximum atomic E-state index is 11.4. The number of hydrogen-bond acceptors (Lipinski definition) is 2. The van der Waals surface area contributed by atoms with E-state index in [-0.39, 0.29) is 0 Å².